The first kappa shape index (κ1) is 23.2. The summed E-state index contributed by atoms with van der Waals surface area (Å²) >= 11 is 0. The lowest BCUT2D eigenvalue weighted by Crippen LogP contribution is -2.48. The minimum atomic E-state index is -3.60. The molecule has 182 valence electrons. The number of rotatable bonds is 6. The van der Waals surface area contributed by atoms with Gasteiger partial charge in [0.1, 0.15) is 17.6 Å². The smallest absolute Gasteiger partial charge is 0.297 e. The topological polar surface area (TPSA) is 118 Å². The van der Waals surface area contributed by atoms with Gasteiger partial charge in [-0.2, -0.15) is 4.31 Å². The van der Waals surface area contributed by atoms with Gasteiger partial charge in [-0.1, -0.05) is 19.1 Å². The molecule has 0 atom stereocenters. The van der Waals surface area contributed by atoms with E-state index in [1.165, 1.54) is 39.5 Å². The van der Waals surface area contributed by atoms with Gasteiger partial charge in [0.25, 0.3) is 5.56 Å². The SMILES string of the molecule is CCN1CCN(S(=O)(=O)c2ccc(NC(=O)Cn3cnc4c(oc5ccccc54)c3=O)cc2)CC1. The van der Waals surface area contributed by atoms with E-state index in [-0.39, 0.29) is 17.0 Å². The fraction of sp³-hybridized carbons (Fsp3) is 0.292. The van der Waals surface area contributed by atoms with Gasteiger partial charge in [0.15, 0.2) is 0 Å². The number of carbonyl (C=O) groups is 1. The van der Waals surface area contributed by atoms with E-state index in [0.717, 1.165) is 11.9 Å². The Balaban J connectivity index is 1.27. The van der Waals surface area contributed by atoms with Gasteiger partial charge in [-0.15, -0.1) is 0 Å². The molecule has 1 fully saturated rings. The Morgan fingerprint density at radius 2 is 1.77 bits per heavy atom. The van der Waals surface area contributed by atoms with E-state index in [0.29, 0.717) is 43.0 Å². The monoisotopic (exact) mass is 495 g/mol. The number of carbonyl (C=O) groups excluding carboxylic acids is 1. The zero-order chi connectivity index (χ0) is 24.6. The predicted molar refractivity (Wildman–Crippen MR) is 132 cm³/mol. The number of hydrogen-bond donors (Lipinski definition) is 1. The lowest BCUT2D eigenvalue weighted by atomic mass is 10.2. The first-order chi connectivity index (χ1) is 16.9. The molecule has 35 heavy (non-hydrogen) atoms. The number of hydrogen-bond acceptors (Lipinski definition) is 7. The average molecular weight is 496 g/mol. The molecular formula is C24H25N5O5S. The maximum absolute atomic E-state index is 12.9. The van der Waals surface area contributed by atoms with Crippen LogP contribution in [0.2, 0.25) is 0 Å². The van der Waals surface area contributed by atoms with Gasteiger partial charge in [-0.25, -0.2) is 13.4 Å². The number of sulfonamides is 1. The van der Waals surface area contributed by atoms with E-state index in [4.69, 9.17) is 4.42 Å². The van der Waals surface area contributed by atoms with Crippen LogP contribution in [-0.4, -0.2) is 65.8 Å². The lowest BCUT2D eigenvalue weighted by Gasteiger charge is -2.33. The van der Waals surface area contributed by atoms with Crippen molar-refractivity contribution in [3.63, 3.8) is 0 Å². The van der Waals surface area contributed by atoms with Crippen molar-refractivity contribution in [3.05, 3.63) is 65.2 Å². The molecule has 1 amide bonds. The van der Waals surface area contributed by atoms with E-state index in [1.807, 2.05) is 12.1 Å². The molecule has 2 aromatic carbocycles. The summed E-state index contributed by atoms with van der Waals surface area (Å²) in [5, 5.41) is 3.43. The fourth-order valence-electron chi connectivity index (χ4n) is 4.23. The molecule has 0 saturated carbocycles. The largest absolute Gasteiger partial charge is 0.448 e. The number of para-hydroxylation sites is 1. The highest BCUT2D eigenvalue weighted by Crippen LogP contribution is 2.24. The first-order valence-electron chi connectivity index (χ1n) is 11.4. The molecule has 1 N–H and O–H groups in total. The number of furan rings is 1. The van der Waals surface area contributed by atoms with Crippen LogP contribution in [-0.2, 0) is 21.4 Å². The Morgan fingerprint density at radius 1 is 1.06 bits per heavy atom. The second-order valence-corrected chi connectivity index (χ2v) is 10.3. The third-order valence-electron chi connectivity index (χ3n) is 6.22. The van der Waals surface area contributed by atoms with Crippen LogP contribution in [0.3, 0.4) is 0 Å². The van der Waals surface area contributed by atoms with Crippen LogP contribution in [0.25, 0.3) is 22.1 Å². The van der Waals surface area contributed by atoms with Crippen molar-refractivity contribution in [1.29, 1.82) is 0 Å². The third-order valence-corrected chi connectivity index (χ3v) is 8.13. The minimum absolute atomic E-state index is 0.0934. The Labute approximate surface area is 201 Å². The number of likely N-dealkylation sites (N-methyl/N-ethyl adjacent to an activating group) is 1. The minimum Gasteiger partial charge on any atom is -0.448 e. The standard InChI is InChI=1S/C24H25N5O5S/c1-2-27-11-13-29(14-12-27)35(32,33)18-9-7-17(8-10-18)26-21(30)15-28-16-25-22-19-5-3-4-6-20(19)34-23(22)24(28)31/h3-10,16H,2,11-15H2,1H3,(H,26,30). The van der Waals surface area contributed by atoms with E-state index < -0.39 is 21.5 Å². The van der Waals surface area contributed by atoms with Crippen LogP contribution in [0.5, 0.6) is 0 Å². The van der Waals surface area contributed by atoms with Gasteiger partial charge >= 0.3 is 0 Å². The first-order valence-corrected chi connectivity index (χ1v) is 12.8. The van der Waals surface area contributed by atoms with Gasteiger partial charge in [0, 0.05) is 37.3 Å². The second kappa shape index (κ2) is 9.25. The Morgan fingerprint density at radius 3 is 2.49 bits per heavy atom. The number of piperazine rings is 1. The Bertz CT molecular complexity index is 1550. The number of fused-ring (bicyclic) bond motifs is 3. The number of benzene rings is 2. The van der Waals surface area contributed by atoms with Gasteiger partial charge in [0.2, 0.25) is 21.5 Å². The molecule has 0 bridgehead atoms. The van der Waals surface area contributed by atoms with Crippen LogP contribution in [0, 0.1) is 0 Å². The van der Waals surface area contributed by atoms with Gasteiger partial charge in [-0.05, 0) is 42.9 Å². The van der Waals surface area contributed by atoms with Gasteiger partial charge in [-0.3, -0.25) is 14.2 Å². The number of amides is 1. The fourth-order valence-corrected chi connectivity index (χ4v) is 5.65. The van der Waals surface area contributed by atoms with Gasteiger partial charge < -0.3 is 14.6 Å². The molecule has 0 unspecified atom stereocenters. The predicted octanol–water partition coefficient (Wildman–Crippen LogP) is 2.11. The van der Waals surface area contributed by atoms with Crippen LogP contribution < -0.4 is 10.9 Å². The van der Waals surface area contributed by atoms with Crippen LogP contribution in [0.15, 0.2) is 69.0 Å². The molecule has 4 aromatic rings. The van der Waals surface area contributed by atoms with Crippen molar-refractivity contribution >= 4 is 43.7 Å². The lowest BCUT2D eigenvalue weighted by molar-refractivity contribution is -0.116. The third kappa shape index (κ3) is 4.45. The van der Waals surface area contributed by atoms with Crippen molar-refractivity contribution in [3.8, 4) is 0 Å². The van der Waals surface area contributed by atoms with Crippen molar-refractivity contribution in [2.45, 2.75) is 18.4 Å². The molecule has 0 aliphatic carbocycles. The number of anilines is 1. The molecule has 0 spiro atoms. The summed E-state index contributed by atoms with van der Waals surface area (Å²) in [7, 11) is -3.60. The van der Waals surface area contributed by atoms with E-state index in [2.05, 4.69) is 22.1 Å². The zero-order valence-corrected chi connectivity index (χ0v) is 20.0. The molecule has 1 saturated heterocycles. The van der Waals surface area contributed by atoms with Crippen molar-refractivity contribution < 1.29 is 17.6 Å². The maximum Gasteiger partial charge on any atom is 0.297 e. The Hall–Kier alpha value is -3.54. The highest BCUT2D eigenvalue weighted by atomic mass is 32.2. The van der Waals surface area contributed by atoms with E-state index in [1.54, 1.807) is 12.1 Å². The molecule has 0 radical (unpaired) electrons. The summed E-state index contributed by atoms with van der Waals surface area (Å²) < 4.78 is 34.2. The van der Waals surface area contributed by atoms with Crippen molar-refractivity contribution in [2.24, 2.45) is 0 Å². The molecule has 1 aliphatic heterocycles. The summed E-state index contributed by atoms with van der Waals surface area (Å²) in [6.07, 6.45) is 1.32. The second-order valence-electron chi connectivity index (χ2n) is 8.36. The Kier molecular flexibility index (Phi) is 6.13. The number of nitrogens with zero attached hydrogens (tertiary/aromatic N) is 4. The molecule has 2 aromatic heterocycles. The van der Waals surface area contributed by atoms with Crippen molar-refractivity contribution in [1.82, 2.24) is 18.8 Å². The normalized spacial score (nSPS) is 15.6. The molecule has 3 heterocycles. The van der Waals surface area contributed by atoms with Crippen LogP contribution >= 0.6 is 0 Å². The highest BCUT2D eigenvalue weighted by molar-refractivity contribution is 7.89. The average Bonchev–Trinajstić information content (AvgIpc) is 3.26. The van der Waals surface area contributed by atoms with Crippen molar-refractivity contribution in [2.75, 3.05) is 38.0 Å². The van der Waals surface area contributed by atoms with E-state index >= 15 is 0 Å². The quantitative estimate of drug-likeness (QED) is 0.435. The summed E-state index contributed by atoms with van der Waals surface area (Å²) in [5.74, 6) is -0.448. The molecule has 10 nitrogen and oxygen atoms in total. The summed E-state index contributed by atoms with van der Waals surface area (Å²) in [6, 6.07) is 13.2. The highest BCUT2D eigenvalue weighted by Gasteiger charge is 2.28. The molecule has 11 heteroatoms. The van der Waals surface area contributed by atoms with Crippen LogP contribution in [0.4, 0.5) is 5.69 Å². The van der Waals surface area contributed by atoms with Gasteiger partial charge in [0.05, 0.1) is 11.2 Å². The molecule has 1 aliphatic rings. The molecule has 5 rings (SSSR count). The molecular weight excluding hydrogens is 470 g/mol. The maximum atomic E-state index is 12.9. The zero-order valence-electron chi connectivity index (χ0n) is 19.2. The number of nitrogens with one attached hydrogen (secondary N) is 1. The van der Waals surface area contributed by atoms with Crippen LogP contribution in [0.1, 0.15) is 6.92 Å². The number of aromatic nitrogens is 2. The summed E-state index contributed by atoms with van der Waals surface area (Å²) in [4.78, 5) is 32.1. The summed E-state index contributed by atoms with van der Waals surface area (Å²) in [6.45, 7) is 5.01. The summed E-state index contributed by atoms with van der Waals surface area (Å²) in [5.41, 5.74) is 1.07. The van der Waals surface area contributed by atoms with E-state index in [9.17, 15) is 18.0 Å².